The summed E-state index contributed by atoms with van der Waals surface area (Å²) in [6, 6.07) is -0.842. The molecule has 11 heteroatoms. The van der Waals surface area contributed by atoms with Gasteiger partial charge in [0.05, 0.1) is 25.0 Å². The Labute approximate surface area is 366 Å². The molecule has 60 heavy (non-hydrogen) atoms. The quantitative estimate of drug-likeness (QED) is 0.0348. The fourth-order valence-electron chi connectivity index (χ4n) is 8.68. The first-order chi connectivity index (χ1) is 29.3. The fourth-order valence-corrected chi connectivity index (χ4v) is 8.68. The summed E-state index contributed by atoms with van der Waals surface area (Å²) in [6.07, 6.45) is 36.4. The topological polar surface area (TPSA) is 171 Å². The van der Waals surface area contributed by atoms with Gasteiger partial charge in [-0.1, -0.05) is 225 Å². The highest BCUT2D eigenvalue weighted by molar-refractivity contribution is 4.96. The van der Waals surface area contributed by atoms with Crippen LogP contribution in [-0.2, 0) is 15.9 Å². The molecule has 2 rings (SSSR count). The highest BCUT2D eigenvalue weighted by Gasteiger charge is 2.44. The highest BCUT2D eigenvalue weighted by Crippen LogP contribution is 2.26. The van der Waals surface area contributed by atoms with E-state index in [-0.39, 0.29) is 6.61 Å². The van der Waals surface area contributed by atoms with Crippen molar-refractivity contribution >= 4 is 0 Å². The van der Waals surface area contributed by atoms with Gasteiger partial charge in [0.2, 0.25) is 0 Å². The molecule has 0 radical (unpaired) electrons. The van der Waals surface area contributed by atoms with E-state index in [2.05, 4.69) is 24.2 Å². The van der Waals surface area contributed by atoms with Crippen LogP contribution >= 0.6 is 0 Å². The number of aromatic nitrogens is 3. The Bertz CT molecular complexity index is 1080. The molecule has 1 aromatic heterocycles. The van der Waals surface area contributed by atoms with Crippen LogP contribution in [-0.4, -0.2) is 102 Å². The van der Waals surface area contributed by atoms with Gasteiger partial charge in [0.25, 0.3) is 0 Å². The number of aliphatic hydroxyl groups is 6. The van der Waals surface area contributed by atoms with Gasteiger partial charge in [-0.2, -0.15) is 0 Å². The molecule has 1 fully saturated rings. The van der Waals surface area contributed by atoms with Gasteiger partial charge >= 0.3 is 0 Å². The van der Waals surface area contributed by atoms with Crippen molar-refractivity contribution in [3.8, 4) is 0 Å². The molecule has 0 unspecified atom stereocenters. The Kier molecular flexibility index (Phi) is 34.1. The van der Waals surface area contributed by atoms with Crippen molar-refractivity contribution < 1.29 is 40.1 Å². The minimum Gasteiger partial charge on any atom is -0.394 e. The van der Waals surface area contributed by atoms with Gasteiger partial charge in [0.15, 0.2) is 6.29 Å². The Morgan fingerprint density at radius 1 is 0.567 bits per heavy atom. The molecule has 0 aliphatic carbocycles. The van der Waals surface area contributed by atoms with E-state index in [0.29, 0.717) is 6.42 Å². The summed E-state index contributed by atoms with van der Waals surface area (Å²) in [5.74, 6) is 0. The second-order valence-corrected chi connectivity index (χ2v) is 18.3. The highest BCUT2D eigenvalue weighted by atomic mass is 16.7. The number of nitrogens with zero attached hydrogens (tertiary/aromatic N) is 3. The fraction of sp³-hybridized carbons (Fsp3) is 0.959. The monoisotopic (exact) mass is 854 g/mol. The van der Waals surface area contributed by atoms with Gasteiger partial charge < -0.3 is 40.1 Å². The number of rotatable bonds is 42. The van der Waals surface area contributed by atoms with E-state index in [4.69, 9.17) is 9.47 Å². The van der Waals surface area contributed by atoms with Crippen molar-refractivity contribution in [3.63, 3.8) is 0 Å². The molecular weight excluding hydrogens is 759 g/mol. The third-order valence-corrected chi connectivity index (χ3v) is 12.9. The van der Waals surface area contributed by atoms with Crippen LogP contribution in [0.3, 0.4) is 0 Å². The first-order valence-corrected chi connectivity index (χ1v) is 25.5. The minimum atomic E-state index is -1.58. The van der Waals surface area contributed by atoms with E-state index in [1.54, 1.807) is 6.20 Å². The summed E-state index contributed by atoms with van der Waals surface area (Å²) < 4.78 is 12.9. The van der Waals surface area contributed by atoms with Crippen LogP contribution in [0.5, 0.6) is 0 Å². The van der Waals surface area contributed by atoms with E-state index in [1.165, 1.54) is 184 Å². The lowest BCUT2D eigenvalue weighted by Gasteiger charge is -2.40. The molecular formula is C49H95N3O8. The summed E-state index contributed by atoms with van der Waals surface area (Å²) in [7, 11) is 0. The van der Waals surface area contributed by atoms with E-state index in [9.17, 15) is 30.6 Å². The molecule has 0 spiro atoms. The van der Waals surface area contributed by atoms with Crippen molar-refractivity contribution in [3.05, 3.63) is 11.9 Å². The van der Waals surface area contributed by atoms with Crippen LogP contribution in [0.4, 0.5) is 0 Å². The SMILES string of the molecule is CCCCCCCCCCCCCCCCCCCCCCCc1cn([C@@H](CO[C@H]2O[C@H](CO)[C@H](O)[C@H](O)[C@H]2O)[C@H](O)[C@H](O)CCCCCCCCCCCCCC)nn1. The lowest BCUT2D eigenvalue weighted by Crippen LogP contribution is -2.59. The van der Waals surface area contributed by atoms with Crippen LogP contribution < -0.4 is 0 Å². The summed E-state index contributed by atoms with van der Waals surface area (Å²) in [5, 5.41) is 71.8. The van der Waals surface area contributed by atoms with Crippen LogP contribution in [0.1, 0.15) is 244 Å². The lowest BCUT2D eigenvalue weighted by molar-refractivity contribution is -0.304. The summed E-state index contributed by atoms with van der Waals surface area (Å²) >= 11 is 0. The lowest BCUT2D eigenvalue weighted by atomic mass is 9.98. The molecule has 354 valence electrons. The van der Waals surface area contributed by atoms with Crippen molar-refractivity contribution in [1.82, 2.24) is 15.0 Å². The smallest absolute Gasteiger partial charge is 0.186 e. The number of aliphatic hydroxyl groups excluding tert-OH is 6. The van der Waals surface area contributed by atoms with Gasteiger partial charge in [-0.3, -0.25) is 0 Å². The van der Waals surface area contributed by atoms with Crippen molar-refractivity contribution in [2.24, 2.45) is 0 Å². The zero-order valence-electron chi connectivity index (χ0n) is 38.7. The van der Waals surface area contributed by atoms with E-state index < -0.39 is 55.6 Å². The predicted molar refractivity (Wildman–Crippen MR) is 243 cm³/mol. The maximum atomic E-state index is 11.4. The molecule has 1 aliphatic rings. The minimum absolute atomic E-state index is 0.207. The maximum absolute atomic E-state index is 11.4. The Morgan fingerprint density at radius 3 is 1.38 bits per heavy atom. The number of hydrogen-bond donors (Lipinski definition) is 6. The molecule has 0 bridgehead atoms. The van der Waals surface area contributed by atoms with Crippen LogP contribution in [0.25, 0.3) is 0 Å². The number of aryl methyl sites for hydroxylation is 1. The largest absolute Gasteiger partial charge is 0.394 e. The molecule has 8 atom stereocenters. The third kappa shape index (κ3) is 25.2. The average Bonchev–Trinajstić information content (AvgIpc) is 3.72. The second kappa shape index (κ2) is 37.2. The number of hydrogen-bond acceptors (Lipinski definition) is 10. The van der Waals surface area contributed by atoms with Crippen LogP contribution in [0.2, 0.25) is 0 Å². The van der Waals surface area contributed by atoms with Gasteiger partial charge in [-0.15, -0.1) is 5.10 Å². The first kappa shape index (κ1) is 55.0. The van der Waals surface area contributed by atoms with E-state index in [0.717, 1.165) is 44.2 Å². The first-order valence-electron chi connectivity index (χ1n) is 25.5. The summed E-state index contributed by atoms with van der Waals surface area (Å²) in [4.78, 5) is 0. The molecule has 1 aliphatic heterocycles. The van der Waals surface area contributed by atoms with Gasteiger partial charge in [-0.25, -0.2) is 4.68 Å². The average molecular weight is 854 g/mol. The molecule has 1 saturated heterocycles. The molecule has 11 nitrogen and oxygen atoms in total. The van der Waals surface area contributed by atoms with Gasteiger partial charge in [0, 0.05) is 6.20 Å². The van der Waals surface area contributed by atoms with Crippen molar-refractivity contribution in [2.75, 3.05) is 13.2 Å². The molecule has 0 amide bonds. The Morgan fingerprint density at radius 2 is 0.967 bits per heavy atom. The van der Waals surface area contributed by atoms with Crippen LogP contribution in [0.15, 0.2) is 6.20 Å². The molecule has 0 aromatic carbocycles. The summed E-state index contributed by atoms with van der Waals surface area (Å²) in [6.45, 7) is 3.76. The zero-order chi connectivity index (χ0) is 43.5. The Hall–Kier alpha value is -1.18. The molecule has 2 heterocycles. The maximum Gasteiger partial charge on any atom is 0.186 e. The normalized spacial score (nSPS) is 21.1. The molecule has 6 N–H and O–H groups in total. The Balaban J connectivity index is 1.67. The molecule has 0 saturated carbocycles. The third-order valence-electron chi connectivity index (χ3n) is 12.9. The predicted octanol–water partition coefficient (Wildman–Crippen LogP) is 10.2. The number of unbranched alkanes of at least 4 members (excludes halogenated alkanes) is 31. The number of ether oxygens (including phenoxy) is 2. The van der Waals surface area contributed by atoms with Gasteiger partial charge in [0.1, 0.15) is 36.6 Å². The van der Waals surface area contributed by atoms with Crippen molar-refractivity contribution in [2.45, 2.75) is 288 Å². The standard InChI is InChI=1S/C49H95N3O8/c1-3-5-7-9-11-13-15-17-18-19-20-21-22-23-24-25-26-28-30-32-34-36-41-38-52(51-50-41)42(40-59-49-48(58)47(57)46(56)44(39-53)60-49)45(55)43(54)37-35-33-31-29-27-16-14-12-10-8-6-4-2/h38,42-49,53-58H,3-37,39-40H2,1-2H3/t42-,43+,44+,45-,46-,47-,48+,49-/m0/s1. The summed E-state index contributed by atoms with van der Waals surface area (Å²) in [5.41, 5.74) is 0.799. The van der Waals surface area contributed by atoms with E-state index in [1.807, 2.05) is 0 Å². The zero-order valence-corrected chi connectivity index (χ0v) is 38.7. The van der Waals surface area contributed by atoms with Gasteiger partial charge in [-0.05, 0) is 19.3 Å². The molecule has 1 aromatic rings. The van der Waals surface area contributed by atoms with Crippen LogP contribution in [0, 0.1) is 0 Å². The van der Waals surface area contributed by atoms with E-state index >= 15 is 0 Å². The second-order valence-electron chi connectivity index (χ2n) is 18.3. The van der Waals surface area contributed by atoms with Crippen molar-refractivity contribution in [1.29, 1.82) is 0 Å².